The molecular formula is C17H22N2O3. The highest BCUT2D eigenvalue weighted by molar-refractivity contribution is 5.95. The molecule has 2 rings (SSSR count). The molecule has 0 radical (unpaired) electrons. The van der Waals surface area contributed by atoms with Crippen molar-refractivity contribution < 1.29 is 14.3 Å². The molecule has 0 saturated carbocycles. The molecule has 5 heteroatoms. The summed E-state index contributed by atoms with van der Waals surface area (Å²) < 4.78 is 12.2. The number of rotatable bonds is 5. The summed E-state index contributed by atoms with van der Waals surface area (Å²) in [7, 11) is 1.61. The maximum atomic E-state index is 12.3. The Morgan fingerprint density at radius 2 is 2.09 bits per heavy atom. The van der Waals surface area contributed by atoms with Gasteiger partial charge in [-0.25, -0.2) is 4.79 Å². The van der Waals surface area contributed by atoms with Crippen LogP contribution in [0.1, 0.15) is 42.7 Å². The van der Waals surface area contributed by atoms with E-state index in [-0.39, 0.29) is 5.92 Å². The molecule has 0 saturated heterocycles. The molecular weight excluding hydrogens is 280 g/mol. The average Bonchev–Trinajstić information content (AvgIpc) is 2.85. The number of carbonyl (C=O) groups is 1. The highest BCUT2D eigenvalue weighted by Crippen LogP contribution is 2.31. The Hall–Kier alpha value is -2.43. The van der Waals surface area contributed by atoms with Crippen molar-refractivity contribution >= 4 is 11.7 Å². The van der Waals surface area contributed by atoms with E-state index in [1.54, 1.807) is 18.6 Å². The minimum atomic E-state index is -0.422. The van der Waals surface area contributed by atoms with Crippen molar-refractivity contribution in [3.05, 3.63) is 41.7 Å². The summed E-state index contributed by atoms with van der Waals surface area (Å²) in [6, 6.07) is 7.47. The summed E-state index contributed by atoms with van der Waals surface area (Å²) in [6.07, 6.45) is 1.89. The zero-order chi connectivity index (χ0) is 16.3. The summed E-state index contributed by atoms with van der Waals surface area (Å²) in [5.74, 6) is 0.500. The lowest BCUT2D eigenvalue weighted by molar-refractivity contribution is 0.0518. The van der Waals surface area contributed by atoms with Crippen molar-refractivity contribution in [2.75, 3.05) is 19.5 Å². The molecule has 1 aromatic carbocycles. The van der Waals surface area contributed by atoms with Gasteiger partial charge in [0.1, 0.15) is 5.75 Å². The molecule has 0 unspecified atom stereocenters. The Kier molecular flexibility index (Phi) is 4.75. The third kappa shape index (κ3) is 2.93. The van der Waals surface area contributed by atoms with E-state index >= 15 is 0 Å². The molecule has 0 atom stereocenters. The van der Waals surface area contributed by atoms with Gasteiger partial charge in [0.05, 0.1) is 19.4 Å². The second-order valence-corrected chi connectivity index (χ2v) is 5.29. The molecule has 0 amide bonds. The molecule has 1 heterocycles. The van der Waals surface area contributed by atoms with E-state index in [0.717, 1.165) is 11.3 Å². The van der Waals surface area contributed by atoms with Crippen LogP contribution in [0.3, 0.4) is 0 Å². The summed E-state index contributed by atoms with van der Waals surface area (Å²) in [4.78, 5) is 12.3. The van der Waals surface area contributed by atoms with Crippen LogP contribution in [0.4, 0.5) is 5.69 Å². The van der Waals surface area contributed by atoms with Gasteiger partial charge in [-0.1, -0.05) is 19.9 Å². The van der Waals surface area contributed by atoms with Gasteiger partial charge in [0.15, 0.2) is 5.69 Å². The van der Waals surface area contributed by atoms with E-state index in [9.17, 15) is 4.79 Å². The lowest BCUT2D eigenvalue weighted by Crippen LogP contribution is -2.13. The van der Waals surface area contributed by atoms with Gasteiger partial charge >= 0.3 is 5.97 Å². The largest absolute Gasteiger partial charge is 0.497 e. The summed E-state index contributed by atoms with van der Waals surface area (Å²) >= 11 is 0. The number of nitrogens with zero attached hydrogens (tertiary/aromatic N) is 1. The fourth-order valence-corrected chi connectivity index (χ4v) is 2.37. The predicted octanol–water partition coefficient (Wildman–Crippen LogP) is 3.37. The van der Waals surface area contributed by atoms with Crippen LogP contribution < -0.4 is 10.5 Å². The van der Waals surface area contributed by atoms with Crippen LogP contribution in [-0.4, -0.2) is 24.3 Å². The standard InChI is InChI=1S/C17H22N2O3/c1-5-22-17(20)16-15(18)14(11(2)3)10-19(16)12-7-6-8-13(9-12)21-4/h6-11H,5,18H2,1-4H3. The van der Waals surface area contributed by atoms with Crippen LogP contribution in [0.2, 0.25) is 0 Å². The Labute approximate surface area is 130 Å². The SMILES string of the molecule is CCOC(=O)c1c(N)c(C(C)C)cn1-c1cccc(OC)c1. The Morgan fingerprint density at radius 3 is 2.68 bits per heavy atom. The predicted molar refractivity (Wildman–Crippen MR) is 86.8 cm³/mol. The van der Waals surface area contributed by atoms with Crippen LogP contribution in [-0.2, 0) is 4.74 Å². The number of nitrogens with two attached hydrogens (primary N) is 1. The van der Waals surface area contributed by atoms with Crippen molar-refractivity contribution in [2.45, 2.75) is 26.7 Å². The van der Waals surface area contributed by atoms with Gasteiger partial charge in [0, 0.05) is 18.0 Å². The quantitative estimate of drug-likeness (QED) is 0.860. The molecule has 0 aliphatic heterocycles. The third-order valence-electron chi connectivity index (χ3n) is 3.50. The van der Waals surface area contributed by atoms with E-state index in [1.165, 1.54) is 0 Å². The topological polar surface area (TPSA) is 66.5 Å². The third-order valence-corrected chi connectivity index (χ3v) is 3.50. The lowest BCUT2D eigenvalue weighted by atomic mass is 10.1. The Balaban J connectivity index is 2.62. The zero-order valence-electron chi connectivity index (χ0n) is 13.4. The number of anilines is 1. The maximum Gasteiger partial charge on any atom is 0.357 e. The van der Waals surface area contributed by atoms with Gasteiger partial charge in [-0.05, 0) is 30.5 Å². The zero-order valence-corrected chi connectivity index (χ0v) is 13.4. The first-order valence-corrected chi connectivity index (χ1v) is 7.31. The first-order valence-electron chi connectivity index (χ1n) is 7.31. The molecule has 118 valence electrons. The molecule has 2 aromatic rings. The number of nitrogen functional groups attached to an aromatic ring is 1. The average molecular weight is 302 g/mol. The smallest absolute Gasteiger partial charge is 0.357 e. The van der Waals surface area contributed by atoms with E-state index < -0.39 is 5.97 Å². The molecule has 22 heavy (non-hydrogen) atoms. The van der Waals surface area contributed by atoms with Gasteiger partial charge in [-0.3, -0.25) is 0 Å². The molecule has 0 spiro atoms. The van der Waals surface area contributed by atoms with Crippen molar-refractivity contribution in [1.82, 2.24) is 4.57 Å². The fraction of sp³-hybridized carbons (Fsp3) is 0.353. The number of ether oxygens (including phenoxy) is 2. The number of carbonyl (C=O) groups excluding carboxylic acids is 1. The monoisotopic (exact) mass is 302 g/mol. The van der Waals surface area contributed by atoms with Crippen LogP contribution in [0.5, 0.6) is 5.75 Å². The Morgan fingerprint density at radius 1 is 1.36 bits per heavy atom. The molecule has 0 aliphatic rings. The van der Waals surface area contributed by atoms with Crippen molar-refractivity contribution in [3.8, 4) is 11.4 Å². The molecule has 1 aromatic heterocycles. The van der Waals surface area contributed by atoms with Gasteiger partial charge < -0.3 is 19.8 Å². The van der Waals surface area contributed by atoms with Gasteiger partial charge in [-0.2, -0.15) is 0 Å². The summed E-state index contributed by atoms with van der Waals surface area (Å²) in [6.45, 7) is 6.15. The van der Waals surface area contributed by atoms with E-state index in [1.807, 2.05) is 44.3 Å². The van der Waals surface area contributed by atoms with Crippen LogP contribution in [0.25, 0.3) is 5.69 Å². The van der Waals surface area contributed by atoms with Crippen molar-refractivity contribution in [1.29, 1.82) is 0 Å². The number of esters is 1. The van der Waals surface area contributed by atoms with Crippen LogP contribution >= 0.6 is 0 Å². The second kappa shape index (κ2) is 6.56. The first kappa shape index (κ1) is 15.9. The van der Waals surface area contributed by atoms with Crippen LogP contribution in [0.15, 0.2) is 30.5 Å². The normalized spacial score (nSPS) is 10.8. The van der Waals surface area contributed by atoms with E-state index in [4.69, 9.17) is 15.2 Å². The minimum Gasteiger partial charge on any atom is -0.497 e. The number of hydrogen-bond donors (Lipinski definition) is 1. The number of methoxy groups -OCH3 is 1. The highest BCUT2D eigenvalue weighted by Gasteiger charge is 2.23. The molecule has 0 aliphatic carbocycles. The number of benzene rings is 1. The van der Waals surface area contributed by atoms with Crippen molar-refractivity contribution in [3.63, 3.8) is 0 Å². The minimum absolute atomic E-state index is 0.208. The van der Waals surface area contributed by atoms with Gasteiger partial charge in [0.2, 0.25) is 0 Å². The number of aromatic nitrogens is 1. The van der Waals surface area contributed by atoms with E-state index in [0.29, 0.717) is 23.7 Å². The highest BCUT2D eigenvalue weighted by atomic mass is 16.5. The van der Waals surface area contributed by atoms with E-state index in [2.05, 4.69) is 0 Å². The van der Waals surface area contributed by atoms with Crippen LogP contribution in [0, 0.1) is 0 Å². The second-order valence-electron chi connectivity index (χ2n) is 5.29. The number of hydrogen-bond acceptors (Lipinski definition) is 4. The van der Waals surface area contributed by atoms with Gasteiger partial charge in [0.25, 0.3) is 0 Å². The summed E-state index contributed by atoms with van der Waals surface area (Å²) in [5, 5.41) is 0. The lowest BCUT2D eigenvalue weighted by Gasteiger charge is -2.10. The first-order chi connectivity index (χ1) is 10.5. The fourth-order valence-electron chi connectivity index (χ4n) is 2.37. The molecule has 2 N–H and O–H groups in total. The molecule has 0 bridgehead atoms. The molecule has 0 fully saturated rings. The Bertz CT molecular complexity index is 675. The summed E-state index contributed by atoms with van der Waals surface area (Å²) in [5.41, 5.74) is 8.75. The van der Waals surface area contributed by atoms with Crippen molar-refractivity contribution in [2.24, 2.45) is 0 Å². The maximum absolute atomic E-state index is 12.3. The van der Waals surface area contributed by atoms with Gasteiger partial charge in [-0.15, -0.1) is 0 Å². The molecule has 5 nitrogen and oxygen atoms in total.